The van der Waals surface area contributed by atoms with Crippen molar-refractivity contribution in [1.29, 1.82) is 0 Å². The summed E-state index contributed by atoms with van der Waals surface area (Å²) in [6.45, 7) is 6.61. The second-order valence-corrected chi connectivity index (χ2v) is 4.94. The van der Waals surface area contributed by atoms with Gasteiger partial charge >= 0.3 is 0 Å². The smallest absolute Gasteiger partial charge is 0.286 e. The number of nitrogens with zero attached hydrogens (tertiary/aromatic N) is 3. The fraction of sp³-hybridized carbons (Fsp3) is 0.615. The maximum atomic E-state index is 12.3. The van der Waals surface area contributed by atoms with Crippen LogP contribution in [0.25, 0.3) is 0 Å². The lowest BCUT2D eigenvalue weighted by Crippen LogP contribution is -2.48. The summed E-state index contributed by atoms with van der Waals surface area (Å²) in [5.74, 6) is 0.618. The van der Waals surface area contributed by atoms with Gasteiger partial charge in [0.2, 0.25) is 0 Å². The van der Waals surface area contributed by atoms with Crippen molar-refractivity contribution in [3.05, 3.63) is 17.7 Å². The molecule has 0 aromatic carbocycles. The predicted molar refractivity (Wildman–Crippen MR) is 75.5 cm³/mol. The molecule has 0 radical (unpaired) electrons. The summed E-state index contributed by atoms with van der Waals surface area (Å²) in [5.41, 5.74) is 3.86. The molecule has 1 aromatic rings. The van der Waals surface area contributed by atoms with Crippen molar-refractivity contribution in [3.8, 4) is 0 Å². The van der Waals surface area contributed by atoms with Crippen LogP contribution in [0.1, 0.15) is 36.1 Å². The van der Waals surface area contributed by atoms with E-state index in [0.29, 0.717) is 43.5 Å². The Balaban J connectivity index is 2.16. The molecule has 0 spiro atoms. The number of hydrogen-bond acceptors (Lipinski definition) is 6. The molecule has 2 rings (SSSR count). The highest BCUT2D eigenvalue weighted by molar-refractivity contribution is 5.97. The van der Waals surface area contributed by atoms with Gasteiger partial charge < -0.3 is 10.1 Å². The Morgan fingerprint density at radius 2 is 2.10 bits per heavy atom. The topological polar surface area (TPSA) is 79.4 Å². The normalized spacial score (nSPS) is 16.2. The fourth-order valence-electron chi connectivity index (χ4n) is 1.90. The zero-order valence-corrected chi connectivity index (χ0v) is 12.1. The van der Waals surface area contributed by atoms with Crippen molar-refractivity contribution in [2.75, 3.05) is 38.7 Å². The molecule has 0 unspecified atom stereocenters. The first-order valence-corrected chi connectivity index (χ1v) is 6.80. The number of hydrazine groups is 1. The predicted octanol–water partition coefficient (Wildman–Crippen LogP) is 0.619. The minimum absolute atomic E-state index is 0.177. The molecule has 110 valence electrons. The van der Waals surface area contributed by atoms with Crippen molar-refractivity contribution in [2.24, 2.45) is 0 Å². The SMILES string of the molecule is CNc1cnc(C(C)C)nc1C(=O)NN1CCOCC1. The van der Waals surface area contributed by atoms with E-state index in [1.807, 2.05) is 18.9 Å². The van der Waals surface area contributed by atoms with E-state index < -0.39 is 0 Å². The molecule has 1 aliphatic heterocycles. The zero-order chi connectivity index (χ0) is 14.5. The number of ether oxygens (including phenoxy) is 1. The fourth-order valence-corrected chi connectivity index (χ4v) is 1.90. The second-order valence-electron chi connectivity index (χ2n) is 4.94. The van der Waals surface area contributed by atoms with Crippen LogP contribution >= 0.6 is 0 Å². The number of nitrogens with one attached hydrogen (secondary N) is 2. The van der Waals surface area contributed by atoms with Gasteiger partial charge in [0.25, 0.3) is 5.91 Å². The van der Waals surface area contributed by atoms with E-state index in [4.69, 9.17) is 4.74 Å². The Morgan fingerprint density at radius 1 is 1.40 bits per heavy atom. The lowest BCUT2D eigenvalue weighted by atomic mass is 10.2. The number of aromatic nitrogens is 2. The third-order valence-corrected chi connectivity index (χ3v) is 3.08. The quantitative estimate of drug-likeness (QED) is 0.841. The summed E-state index contributed by atoms with van der Waals surface area (Å²) in [6, 6.07) is 0. The number of carbonyl (C=O) groups excluding carboxylic acids is 1. The molecule has 1 amide bonds. The van der Waals surface area contributed by atoms with Gasteiger partial charge in [-0.2, -0.15) is 0 Å². The number of anilines is 1. The van der Waals surface area contributed by atoms with E-state index >= 15 is 0 Å². The molecule has 1 aromatic heterocycles. The molecule has 7 nitrogen and oxygen atoms in total. The number of hydrogen-bond donors (Lipinski definition) is 2. The van der Waals surface area contributed by atoms with Gasteiger partial charge in [0, 0.05) is 26.1 Å². The lowest BCUT2D eigenvalue weighted by molar-refractivity contribution is 0.0125. The maximum absolute atomic E-state index is 12.3. The van der Waals surface area contributed by atoms with Gasteiger partial charge in [-0.05, 0) is 0 Å². The molecule has 2 heterocycles. The molecule has 0 bridgehead atoms. The summed E-state index contributed by atoms with van der Waals surface area (Å²) < 4.78 is 5.25. The molecule has 0 aliphatic carbocycles. The monoisotopic (exact) mass is 279 g/mol. The van der Waals surface area contributed by atoms with E-state index in [-0.39, 0.29) is 11.8 Å². The molecule has 0 saturated carbocycles. The Bertz CT molecular complexity index is 472. The van der Waals surface area contributed by atoms with Gasteiger partial charge in [-0.3, -0.25) is 10.2 Å². The Labute approximate surface area is 118 Å². The summed E-state index contributed by atoms with van der Waals surface area (Å²) >= 11 is 0. The maximum Gasteiger partial charge on any atom is 0.286 e. The lowest BCUT2D eigenvalue weighted by Gasteiger charge is -2.27. The average Bonchev–Trinajstić information content (AvgIpc) is 2.47. The molecule has 20 heavy (non-hydrogen) atoms. The molecule has 7 heteroatoms. The van der Waals surface area contributed by atoms with E-state index in [1.54, 1.807) is 13.2 Å². The minimum Gasteiger partial charge on any atom is -0.385 e. The highest BCUT2D eigenvalue weighted by atomic mass is 16.5. The highest BCUT2D eigenvalue weighted by Crippen LogP contribution is 2.15. The van der Waals surface area contributed by atoms with Crippen LogP contribution in [0.4, 0.5) is 5.69 Å². The van der Waals surface area contributed by atoms with Crippen molar-refractivity contribution in [3.63, 3.8) is 0 Å². The van der Waals surface area contributed by atoms with Gasteiger partial charge in [-0.1, -0.05) is 13.8 Å². The van der Waals surface area contributed by atoms with Gasteiger partial charge in [-0.15, -0.1) is 0 Å². The van der Waals surface area contributed by atoms with Crippen molar-refractivity contribution in [2.45, 2.75) is 19.8 Å². The summed E-state index contributed by atoms with van der Waals surface area (Å²) in [7, 11) is 1.75. The summed E-state index contributed by atoms with van der Waals surface area (Å²) in [4.78, 5) is 21.0. The molecule has 1 saturated heterocycles. The highest BCUT2D eigenvalue weighted by Gasteiger charge is 2.19. The van der Waals surface area contributed by atoms with Crippen molar-refractivity contribution >= 4 is 11.6 Å². The number of morpholine rings is 1. The summed E-state index contributed by atoms with van der Waals surface area (Å²) in [5, 5.41) is 4.80. The largest absolute Gasteiger partial charge is 0.385 e. The third kappa shape index (κ3) is 3.43. The third-order valence-electron chi connectivity index (χ3n) is 3.08. The number of amides is 1. The van der Waals surface area contributed by atoms with Crippen LogP contribution in [0.3, 0.4) is 0 Å². The molecule has 1 aliphatic rings. The van der Waals surface area contributed by atoms with E-state index in [2.05, 4.69) is 20.7 Å². The molecule has 1 fully saturated rings. The Hall–Kier alpha value is -1.73. The van der Waals surface area contributed by atoms with Crippen LogP contribution in [0.2, 0.25) is 0 Å². The molecule has 2 N–H and O–H groups in total. The molecular formula is C13H21N5O2. The van der Waals surface area contributed by atoms with Crippen LogP contribution in [0, 0.1) is 0 Å². The van der Waals surface area contributed by atoms with Gasteiger partial charge in [-0.25, -0.2) is 15.0 Å². The number of rotatable bonds is 4. The van der Waals surface area contributed by atoms with Gasteiger partial charge in [0.15, 0.2) is 5.69 Å². The second kappa shape index (κ2) is 6.62. The van der Waals surface area contributed by atoms with Gasteiger partial charge in [0.1, 0.15) is 5.82 Å². The van der Waals surface area contributed by atoms with Crippen LogP contribution in [-0.2, 0) is 4.74 Å². The first-order chi connectivity index (χ1) is 9.61. The molecular weight excluding hydrogens is 258 g/mol. The average molecular weight is 279 g/mol. The van der Waals surface area contributed by atoms with Crippen LogP contribution in [0.5, 0.6) is 0 Å². The van der Waals surface area contributed by atoms with E-state index in [0.717, 1.165) is 0 Å². The van der Waals surface area contributed by atoms with Crippen molar-refractivity contribution in [1.82, 2.24) is 20.4 Å². The first-order valence-electron chi connectivity index (χ1n) is 6.80. The zero-order valence-electron chi connectivity index (χ0n) is 12.1. The summed E-state index contributed by atoms with van der Waals surface area (Å²) in [6.07, 6.45) is 1.65. The van der Waals surface area contributed by atoms with Gasteiger partial charge in [0.05, 0.1) is 25.1 Å². The molecule has 0 atom stereocenters. The van der Waals surface area contributed by atoms with E-state index in [1.165, 1.54) is 0 Å². The Kier molecular flexibility index (Phi) is 4.86. The van der Waals surface area contributed by atoms with Crippen LogP contribution in [0.15, 0.2) is 6.20 Å². The van der Waals surface area contributed by atoms with Crippen molar-refractivity contribution < 1.29 is 9.53 Å². The number of carbonyl (C=O) groups is 1. The standard InChI is InChI=1S/C13H21N5O2/c1-9(2)12-15-8-10(14-3)11(16-12)13(19)17-18-4-6-20-7-5-18/h8-9,14H,4-7H2,1-3H3,(H,17,19). The van der Waals surface area contributed by atoms with E-state index in [9.17, 15) is 4.79 Å². The van der Waals surface area contributed by atoms with Crippen LogP contribution < -0.4 is 10.7 Å². The first kappa shape index (κ1) is 14.7. The van der Waals surface area contributed by atoms with Crippen LogP contribution in [-0.4, -0.2) is 54.2 Å². The minimum atomic E-state index is -0.222. The Morgan fingerprint density at radius 3 is 2.70 bits per heavy atom.